The number of hydrogen-bond donors (Lipinski definition) is 0. The number of fused-ring (bicyclic) bond motifs is 5. The molecule has 4 aromatic heterocycles. The van der Waals surface area contributed by atoms with Crippen molar-refractivity contribution in [2.75, 3.05) is 0 Å². The van der Waals surface area contributed by atoms with Gasteiger partial charge in [0, 0.05) is 49.0 Å². The van der Waals surface area contributed by atoms with Crippen LogP contribution in [-0.4, -0.2) is 15.0 Å². The molecule has 0 amide bonds. The minimum atomic E-state index is 0. The average molecular weight is 796 g/mol. The van der Waals surface area contributed by atoms with Crippen molar-refractivity contribution in [2.45, 2.75) is 61.3 Å². The molecule has 0 aliphatic carbocycles. The summed E-state index contributed by atoms with van der Waals surface area (Å²) < 4.78 is 6.54. The first kappa shape index (κ1) is 34.2. The van der Waals surface area contributed by atoms with E-state index in [1.165, 1.54) is 11.1 Å². The van der Waals surface area contributed by atoms with Gasteiger partial charge in [-0.2, -0.15) is 0 Å². The molecule has 0 atom stereocenters. The Morgan fingerprint density at radius 3 is 2.17 bits per heavy atom. The van der Waals surface area contributed by atoms with Gasteiger partial charge in [0.1, 0.15) is 11.1 Å². The third kappa shape index (κ3) is 8.22. The quantitative estimate of drug-likeness (QED) is 0.167. The smallest absolute Gasteiger partial charge is 0.147 e. The van der Waals surface area contributed by atoms with Gasteiger partial charge in [0.2, 0.25) is 0 Å². The molecule has 1 radical (unpaired) electrons. The van der Waals surface area contributed by atoms with Gasteiger partial charge in [-0.25, -0.2) is 4.98 Å². The van der Waals surface area contributed by atoms with Crippen LogP contribution in [0.15, 0.2) is 102 Å². The number of aromatic nitrogens is 3. The Labute approximate surface area is 292 Å². The molecule has 47 heavy (non-hydrogen) atoms. The van der Waals surface area contributed by atoms with Crippen LogP contribution >= 0.6 is 0 Å². The molecule has 5 heteroatoms. The zero-order chi connectivity index (χ0) is 32.5. The summed E-state index contributed by atoms with van der Waals surface area (Å²) >= 11 is 0. The van der Waals surface area contributed by atoms with Crippen molar-refractivity contribution in [2.24, 2.45) is 10.8 Å². The molecule has 7 rings (SSSR count). The van der Waals surface area contributed by atoms with Gasteiger partial charge in [-0.3, -0.25) is 0 Å². The Hall–Kier alpha value is -4.18. The van der Waals surface area contributed by atoms with E-state index in [2.05, 4.69) is 112 Å². The minimum Gasteiger partial charge on any atom is -0.498 e. The van der Waals surface area contributed by atoms with Gasteiger partial charge in [0.15, 0.2) is 0 Å². The summed E-state index contributed by atoms with van der Waals surface area (Å²) in [5, 5.41) is 3.25. The molecule has 0 bridgehead atoms. The summed E-state index contributed by atoms with van der Waals surface area (Å²) in [7, 11) is 0. The second-order valence-corrected chi connectivity index (χ2v) is 14.5. The van der Waals surface area contributed by atoms with Gasteiger partial charge in [0.05, 0.1) is 5.58 Å². The third-order valence-electron chi connectivity index (χ3n) is 7.74. The molecular weight excluding hydrogens is 755 g/mol. The van der Waals surface area contributed by atoms with Crippen molar-refractivity contribution in [3.05, 3.63) is 126 Å². The Bertz CT molecular complexity index is 2120. The fourth-order valence-electron chi connectivity index (χ4n) is 5.77. The molecule has 4 heterocycles. The normalized spacial score (nSPS) is 11.7. The fourth-order valence-corrected chi connectivity index (χ4v) is 5.77. The maximum absolute atomic E-state index is 6.54. The second-order valence-electron chi connectivity index (χ2n) is 14.5. The van der Waals surface area contributed by atoms with Gasteiger partial charge in [-0.1, -0.05) is 94.5 Å². The number of pyridine rings is 3. The van der Waals surface area contributed by atoms with E-state index in [0.29, 0.717) is 0 Å². The van der Waals surface area contributed by atoms with Crippen LogP contribution in [-0.2, 0) is 32.9 Å². The Balaban J connectivity index is 0.000000260. The summed E-state index contributed by atoms with van der Waals surface area (Å²) in [5.74, 6) is 0. The monoisotopic (exact) mass is 796 g/mol. The maximum Gasteiger partial charge on any atom is 0.147 e. The summed E-state index contributed by atoms with van der Waals surface area (Å²) in [6.07, 6.45) is 5.67. The summed E-state index contributed by atoms with van der Waals surface area (Å²) in [4.78, 5) is 14.0. The van der Waals surface area contributed by atoms with Gasteiger partial charge in [-0.15, -0.1) is 54.1 Å². The predicted octanol–water partition coefficient (Wildman–Crippen LogP) is 11.0. The van der Waals surface area contributed by atoms with Crippen molar-refractivity contribution >= 4 is 32.8 Å². The van der Waals surface area contributed by atoms with Crippen LogP contribution in [0.1, 0.15) is 58.4 Å². The minimum absolute atomic E-state index is 0. The van der Waals surface area contributed by atoms with E-state index in [-0.39, 0.29) is 30.9 Å². The van der Waals surface area contributed by atoms with Crippen LogP contribution in [0.3, 0.4) is 0 Å². The predicted molar refractivity (Wildman–Crippen MR) is 191 cm³/mol. The number of rotatable bonds is 4. The Morgan fingerprint density at radius 2 is 1.47 bits per heavy atom. The molecule has 0 spiro atoms. The van der Waals surface area contributed by atoms with Crippen molar-refractivity contribution in [3.63, 3.8) is 0 Å². The first-order chi connectivity index (χ1) is 21.9. The first-order valence-corrected chi connectivity index (χ1v) is 15.9. The van der Waals surface area contributed by atoms with Gasteiger partial charge < -0.3 is 14.4 Å². The molecule has 0 aliphatic rings. The van der Waals surface area contributed by atoms with Crippen LogP contribution in [0.2, 0.25) is 0 Å². The zero-order valence-electron chi connectivity index (χ0n) is 28.2. The van der Waals surface area contributed by atoms with Gasteiger partial charge in [-0.05, 0) is 59.7 Å². The number of benzene rings is 3. The average Bonchev–Trinajstić information content (AvgIpc) is 3.40. The number of furan rings is 1. The second kappa shape index (κ2) is 13.9. The number of aryl methyl sites for hydroxylation is 1. The van der Waals surface area contributed by atoms with Crippen molar-refractivity contribution in [1.82, 2.24) is 15.0 Å². The van der Waals surface area contributed by atoms with Crippen LogP contribution in [0.5, 0.6) is 0 Å². The molecule has 0 fully saturated rings. The van der Waals surface area contributed by atoms with E-state index >= 15 is 0 Å². The SMILES string of the molecule is CC(C)(C)Cc1ccnc(-c2[c-]ccc3c2oc2c3ccc3ccc(CC(C)(C)C)nc32)c1.Cc1ccc(-c2[c-]cccc2)nc1.[Ir]. The fraction of sp³-hybridized carbons (Fsp3) is 0.262. The topological polar surface area (TPSA) is 51.8 Å². The zero-order valence-corrected chi connectivity index (χ0v) is 30.6. The van der Waals surface area contributed by atoms with Gasteiger partial charge in [0.25, 0.3) is 0 Å². The molecule has 241 valence electrons. The molecule has 0 N–H and O–H groups in total. The van der Waals surface area contributed by atoms with E-state index in [1.807, 2.05) is 55.7 Å². The number of nitrogens with zero attached hydrogens (tertiary/aromatic N) is 3. The van der Waals surface area contributed by atoms with E-state index < -0.39 is 0 Å². The number of hydrogen-bond acceptors (Lipinski definition) is 4. The van der Waals surface area contributed by atoms with Gasteiger partial charge >= 0.3 is 0 Å². The van der Waals surface area contributed by atoms with Crippen LogP contribution < -0.4 is 0 Å². The molecule has 0 unspecified atom stereocenters. The van der Waals surface area contributed by atoms with Crippen LogP contribution in [0.4, 0.5) is 0 Å². The molecule has 4 nitrogen and oxygen atoms in total. The van der Waals surface area contributed by atoms with Crippen molar-refractivity contribution in [3.8, 4) is 22.5 Å². The summed E-state index contributed by atoms with van der Waals surface area (Å²) in [5.41, 5.74) is 10.3. The van der Waals surface area contributed by atoms with Crippen LogP contribution in [0, 0.1) is 29.9 Å². The van der Waals surface area contributed by atoms with E-state index in [1.54, 1.807) is 0 Å². The molecular formula is C42H41IrN3O-2. The van der Waals surface area contributed by atoms with E-state index in [0.717, 1.165) is 73.9 Å². The summed E-state index contributed by atoms with van der Waals surface area (Å²) in [6, 6.07) is 35.3. The molecule has 0 saturated carbocycles. The molecule has 0 saturated heterocycles. The molecule has 0 aliphatic heterocycles. The van der Waals surface area contributed by atoms with E-state index in [4.69, 9.17) is 9.40 Å². The third-order valence-corrected chi connectivity index (χ3v) is 7.74. The Morgan fingerprint density at radius 1 is 0.702 bits per heavy atom. The van der Waals surface area contributed by atoms with Crippen molar-refractivity contribution in [1.29, 1.82) is 0 Å². The van der Waals surface area contributed by atoms with E-state index in [9.17, 15) is 0 Å². The standard InChI is InChI=1S/C30H31N2O.C12H10N.Ir/c1-29(2,3)17-19-14-15-31-25(16-19)24-9-7-8-22-23-13-11-20-10-12-21(18-30(4,5)6)32-26(20)28(23)33-27(22)24;1-10-7-8-12(13-9-10)11-5-3-2-4-6-11;/h7-8,10-16H,17-18H2,1-6H3;2-5,7-9H,1H3;/q2*-1;. The maximum atomic E-state index is 6.54. The van der Waals surface area contributed by atoms with Crippen LogP contribution in [0.25, 0.3) is 55.4 Å². The molecule has 7 aromatic rings. The first-order valence-electron chi connectivity index (χ1n) is 15.9. The summed E-state index contributed by atoms with van der Waals surface area (Å²) in [6.45, 7) is 15.5. The largest absolute Gasteiger partial charge is 0.498 e. The molecule has 3 aromatic carbocycles. The van der Waals surface area contributed by atoms with Crippen molar-refractivity contribution < 1.29 is 24.5 Å². The Kier molecular flexibility index (Phi) is 10.1.